The summed E-state index contributed by atoms with van der Waals surface area (Å²) < 4.78 is 39.1. The van der Waals surface area contributed by atoms with E-state index in [1.165, 1.54) is 6.07 Å². The lowest BCUT2D eigenvalue weighted by Crippen LogP contribution is -2.24. The summed E-state index contributed by atoms with van der Waals surface area (Å²) in [6.45, 7) is 2.43. The van der Waals surface area contributed by atoms with E-state index in [2.05, 4.69) is 28.9 Å². The average molecular weight is 389 g/mol. The van der Waals surface area contributed by atoms with Gasteiger partial charge in [0.05, 0.1) is 17.9 Å². The average Bonchev–Trinajstić information content (AvgIpc) is 2.61. The number of nitrogens with zero attached hydrogens (tertiary/aromatic N) is 2. The van der Waals surface area contributed by atoms with Crippen LogP contribution in [0.15, 0.2) is 47.5 Å². The third kappa shape index (κ3) is 4.40. The topological polar surface area (TPSA) is 27.6 Å². The fraction of sp³-hybridized carbons (Fsp3) is 0.250. The summed E-state index contributed by atoms with van der Waals surface area (Å²) >= 11 is 4.50. The van der Waals surface area contributed by atoms with Crippen LogP contribution in [0.5, 0.6) is 0 Å². The van der Waals surface area contributed by atoms with E-state index in [1.54, 1.807) is 11.0 Å². The molecule has 0 aromatic heterocycles. The van der Waals surface area contributed by atoms with Gasteiger partial charge in [0.2, 0.25) is 0 Å². The van der Waals surface area contributed by atoms with Gasteiger partial charge in [0.1, 0.15) is 5.37 Å². The standard InChI is InChI=1S/C20H18F3N3S/c1-3-9-26(16-6-4-5-15(11-16)20(21,22)23)12-14-7-8-18-17(10-14)19(27)25-13(2)24-18/h1,4-8,10-11,19,27H,9,12H2,2H3,(H,24,25). The maximum atomic E-state index is 13.0. The SMILES string of the molecule is C#CCN(Cc1ccc2c(c1)C(S)N=C(C)N2)c1cccc(C(F)(F)F)c1. The third-order valence-electron chi connectivity index (χ3n) is 4.22. The van der Waals surface area contributed by atoms with Crippen LogP contribution >= 0.6 is 12.6 Å². The number of anilines is 2. The van der Waals surface area contributed by atoms with Crippen LogP contribution in [0.3, 0.4) is 0 Å². The molecule has 2 aromatic rings. The van der Waals surface area contributed by atoms with Gasteiger partial charge in [0.15, 0.2) is 0 Å². The maximum absolute atomic E-state index is 13.0. The molecule has 1 aliphatic heterocycles. The number of nitrogens with one attached hydrogen (secondary N) is 1. The molecule has 0 saturated carbocycles. The van der Waals surface area contributed by atoms with E-state index in [9.17, 15) is 13.2 Å². The zero-order valence-electron chi connectivity index (χ0n) is 14.6. The van der Waals surface area contributed by atoms with Gasteiger partial charge in [-0.3, -0.25) is 4.99 Å². The number of thiol groups is 1. The first-order chi connectivity index (χ1) is 12.8. The number of benzene rings is 2. The fourth-order valence-electron chi connectivity index (χ4n) is 2.97. The Morgan fingerprint density at radius 1 is 1.26 bits per heavy atom. The Morgan fingerprint density at radius 3 is 2.74 bits per heavy atom. The number of hydrogen-bond donors (Lipinski definition) is 2. The van der Waals surface area contributed by atoms with Crippen LogP contribution in [0.4, 0.5) is 24.5 Å². The third-order valence-corrected chi connectivity index (χ3v) is 4.61. The number of fused-ring (bicyclic) bond motifs is 1. The van der Waals surface area contributed by atoms with Gasteiger partial charge < -0.3 is 10.2 Å². The largest absolute Gasteiger partial charge is 0.416 e. The highest BCUT2D eigenvalue weighted by Crippen LogP contribution is 2.34. The van der Waals surface area contributed by atoms with Gasteiger partial charge in [-0.2, -0.15) is 13.2 Å². The number of halogens is 3. The first-order valence-electron chi connectivity index (χ1n) is 8.26. The summed E-state index contributed by atoms with van der Waals surface area (Å²) in [5.74, 6) is 3.30. The first kappa shape index (κ1) is 19.2. The van der Waals surface area contributed by atoms with Crippen LogP contribution in [0.25, 0.3) is 0 Å². The van der Waals surface area contributed by atoms with Gasteiger partial charge >= 0.3 is 6.18 Å². The Bertz CT molecular complexity index is 915. The van der Waals surface area contributed by atoms with Crippen molar-refractivity contribution in [3.05, 3.63) is 59.2 Å². The molecular weight excluding hydrogens is 371 g/mol. The summed E-state index contributed by atoms with van der Waals surface area (Å²) in [5.41, 5.74) is 2.49. The zero-order chi connectivity index (χ0) is 19.6. The molecule has 0 spiro atoms. The Labute approximate surface area is 161 Å². The Morgan fingerprint density at radius 2 is 2.04 bits per heavy atom. The van der Waals surface area contributed by atoms with Gasteiger partial charge in [-0.15, -0.1) is 19.1 Å². The minimum absolute atomic E-state index is 0.193. The Kier molecular flexibility index (Phi) is 5.38. The molecule has 0 aliphatic carbocycles. The van der Waals surface area contributed by atoms with Gasteiger partial charge in [-0.05, 0) is 42.8 Å². The van der Waals surface area contributed by atoms with E-state index in [0.29, 0.717) is 12.2 Å². The molecule has 1 N–H and O–H groups in total. The first-order valence-corrected chi connectivity index (χ1v) is 8.77. The van der Waals surface area contributed by atoms with Crippen molar-refractivity contribution in [3.63, 3.8) is 0 Å². The fourth-order valence-corrected chi connectivity index (χ4v) is 3.35. The Hall–Kier alpha value is -2.59. The van der Waals surface area contributed by atoms with Gasteiger partial charge in [-0.1, -0.05) is 18.1 Å². The van der Waals surface area contributed by atoms with E-state index in [-0.39, 0.29) is 11.9 Å². The van der Waals surface area contributed by atoms with Crippen LogP contribution in [0.2, 0.25) is 0 Å². The monoisotopic (exact) mass is 389 g/mol. The highest BCUT2D eigenvalue weighted by Gasteiger charge is 2.30. The van der Waals surface area contributed by atoms with Gasteiger partial charge in [-0.25, -0.2) is 0 Å². The van der Waals surface area contributed by atoms with Crippen LogP contribution in [0.1, 0.15) is 29.0 Å². The molecule has 0 saturated heterocycles. The second kappa shape index (κ2) is 7.57. The molecule has 1 atom stereocenters. The normalized spacial score (nSPS) is 16.0. The summed E-state index contributed by atoms with van der Waals surface area (Å²) in [6.07, 6.45) is 1.04. The highest BCUT2D eigenvalue weighted by atomic mass is 32.1. The van der Waals surface area contributed by atoms with Crippen LogP contribution in [-0.2, 0) is 12.7 Å². The summed E-state index contributed by atoms with van der Waals surface area (Å²) in [6, 6.07) is 11.0. The molecule has 1 unspecified atom stereocenters. The summed E-state index contributed by atoms with van der Waals surface area (Å²) in [7, 11) is 0. The lowest BCUT2D eigenvalue weighted by atomic mass is 10.1. The second-order valence-corrected chi connectivity index (χ2v) is 6.73. The predicted octanol–water partition coefficient (Wildman–Crippen LogP) is 5.12. The molecule has 1 aliphatic rings. The molecule has 3 rings (SSSR count). The quantitative estimate of drug-likeness (QED) is 0.561. The minimum Gasteiger partial charge on any atom is -0.356 e. The Balaban J connectivity index is 1.89. The smallest absolute Gasteiger partial charge is 0.356 e. The van der Waals surface area contributed by atoms with Gasteiger partial charge in [0.25, 0.3) is 0 Å². The van der Waals surface area contributed by atoms with Crippen molar-refractivity contribution in [2.45, 2.75) is 25.0 Å². The number of aliphatic imine (C=N–C) groups is 1. The second-order valence-electron chi connectivity index (χ2n) is 6.24. The number of hydrogen-bond acceptors (Lipinski definition) is 4. The van der Waals surface area contributed by atoms with E-state index >= 15 is 0 Å². The van der Waals surface area contributed by atoms with Gasteiger partial charge in [0, 0.05) is 23.5 Å². The lowest BCUT2D eigenvalue weighted by molar-refractivity contribution is -0.137. The molecule has 0 amide bonds. The summed E-state index contributed by atoms with van der Waals surface area (Å²) in [4.78, 5) is 6.11. The molecule has 0 fully saturated rings. The highest BCUT2D eigenvalue weighted by molar-refractivity contribution is 7.80. The molecule has 0 bridgehead atoms. The summed E-state index contributed by atoms with van der Waals surface area (Å²) in [5, 5.41) is 2.90. The van der Waals surface area contributed by atoms with Crippen LogP contribution in [-0.4, -0.2) is 12.4 Å². The molecule has 140 valence electrons. The van der Waals surface area contributed by atoms with Crippen LogP contribution < -0.4 is 10.2 Å². The van der Waals surface area contributed by atoms with Crippen molar-refractivity contribution < 1.29 is 13.2 Å². The number of terminal acetylenes is 1. The predicted molar refractivity (Wildman–Crippen MR) is 106 cm³/mol. The molecule has 7 heteroatoms. The van der Waals surface area contributed by atoms with E-state index in [4.69, 9.17) is 6.42 Å². The molecule has 27 heavy (non-hydrogen) atoms. The lowest BCUT2D eigenvalue weighted by Gasteiger charge is -2.26. The van der Waals surface area contributed by atoms with Crippen molar-refractivity contribution in [3.8, 4) is 12.3 Å². The van der Waals surface area contributed by atoms with E-state index in [1.807, 2.05) is 25.1 Å². The molecule has 2 aromatic carbocycles. The van der Waals surface area contributed by atoms with Crippen molar-refractivity contribution in [1.82, 2.24) is 0 Å². The van der Waals surface area contributed by atoms with Crippen LogP contribution in [0, 0.1) is 12.3 Å². The van der Waals surface area contributed by atoms with Crippen molar-refractivity contribution in [1.29, 1.82) is 0 Å². The molecular formula is C20H18F3N3S. The van der Waals surface area contributed by atoms with E-state index < -0.39 is 11.7 Å². The minimum atomic E-state index is -4.40. The molecule has 1 heterocycles. The van der Waals surface area contributed by atoms with Crippen molar-refractivity contribution in [2.75, 3.05) is 16.8 Å². The zero-order valence-corrected chi connectivity index (χ0v) is 15.5. The number of alkyl halides is 3. The van der Waals surface area contributed by atoms with Crippen molar-refractivity contribution in [2.24, 2.45) is 4.99 Å². The van der Waals surface area contributed by atoms with E-state index in [0.717, 1.165) is 34.8 Å². The molecule has 3 nitrogen and oxygen atoms in total. The van der Waals surface area contributed by atoms with Crippen molar-refractivity contribution >= 4 is 29.8 Å². The maximum Gasteiger partial charge on any atom is 0.416 e. The molecule has 0 radical (unpaired) electrons. The number of rotatable bonds is 4. The number of amidine groups is 1.